The molecule has 0 amide bonds. The van der Waals surface area contributed by atoms with Crippen LogP contribution in [0.15, 0.2) is 42.5 Å². The van der Waals surface area contributed by atoms with Crippen molar-refractivity contribution in [3.63, 3.8) is 0 Å². The maximum atomic E-state index is 13.0. The van der Waals surface area contributed by atoms with Crippen LogP contribution in [-0.4, -0.2) is 0 Å². The fraction of sp³-hybridized carbons (Fsp3) is 0. The summed E-state index contributed by atoms with van der Waals surface area (Å²) < 4.78 is 25.7. The van der Waals surface area contributed by atoms with Gasteiger partial charge in [0, 0.05) is 0 Å². The van der Waals surface area contributed by atoms with Crippen molar-refractivity contribution < 1.29 is 8.78 Å². The molecule has 0 N–H and O–H groups in total. The van der Waals surface area contributed by atoms with Gasteiger partial charge in [0.15, 0.2) is 11.6 Å². The zero-order chi connectivity index (χ0) is 10.8. The minimum absolute atomic E-state index is 0.638. The van der Waals surface area contributed by atoms with Crippen LogP contribution in [0.3, 0.4) is 0 Å². The summed E-state index contributed by atoms with van der Waals surface area (Å²) in [5, 5.41) is 0. The van der Waals surface area contributed by atoms with Gasteiger partial charge in [-0.1, -0.05) is 30.3 Å². The highest BCUT2D eigenvalue weighted by atomic mass is 19.2. The molecular weight excluding hydrogens is 194 g/mol. The van der Waals surface area contributed by atoms with E-state index in [0.717, 1.165) is 17.2 Å². The molecule has 0 aliphatic carbocycles. The molecule has 0 fully saturated rings. The van der Waals surface area contributed by atoms with Crippen LogP contribution in [0.4, 0.5) is 8.78 Å². The molecule has 0 bridgehead atoms. The summed E-state index contributed by atoms with van der Waals surface area (Å²) in [4.78, 5) is 0. The molecule has 0 saturated heterocycles. The molecule has 2 rings (SSSR count). The van der Waals surface area contributed by atoms with Gasteiger partial charge >= 0.3 is 0 Å². The van der Waals surface area contributed by atoms with Crippen molar-refractivity contribution in [3.8, 4) is 11.1 Å². The monoisotopic (exact) mass is 203 g/mol. The predicted molar refractivity (Wildman–Crippen MR) is 56.3 cm³/mol. The van der Waals surface area contributed by atoms with Crippen molar-refractivity contribution in [2.24, 2.45) is 0 Å². The van der Waals surface area contributed by atoms with Gasteiger partial charge in [0.1, 0.15) is 0 Å². The summed E-state index contributed by atoms with van der Waals surface area (Å²) in [5.74, 6) is -1.67. The molecule has 2 aromatic carbocycles. The van der Waals surface area contributed by atoms with E-state index in [1.54, 1.807) is 6.07 Å². The summed E-state index contributed by atoms with van der Waals surface area (Å²) in [7, 11) is 0. The van der Waals surface area contributed by atoms with Gasteiger partial charge < -0.3 is 0 Å². The van der Waals surface area contributed by atoms with Gasteiger partial charge in [0.2, 0.25) is 0 Å². The zero-order valence-electron chi connectivity index (χ0n) is 8.00. The van der Waals surface area contributed by atoms with E-state index in [0.29, 0.717) is 5.56 Å². The molecular formula is C13H9F2. The van der Waals surface area contributed by atoms with E-state index in [1.807, 2.05) is 24.3 Å². The van der Waals surface area contributed by atoms with Gasteiger partial charge in [0.05, 0.1) is 0 Å². The molecule has 0 saturated carbocycles. The fourth-order valence-corrected chi connectivity index (χ4v) is 1.47. The van der Waals surface area contributed by atoms with E-state index in [-0.39, 0.29) is 0 Å². The molecule has 0 heterocycles. The molecule has 0 atom stereocenters. The summed E-state index contributed by atoms with van der Waals surface area (Å²) >= 11 is 0. The lowest BCUT2D eigenvalue weighted by molar-refractivity contribution is 0.509. The Hall–Kier alpha value is -1.70. The van der Waals surface area contributed by atoms with Crippen LogP contribution in [-0.2, 0) is 0 Å². The summed E-state index contributed by atoms with van der Waals surface area (Å²) in [6.07, 6.45) is 0. The summed E-state index contributed by atoms with van der Waals surface area (Å²) in [5.41, 5.74) is 2.25. The van der Waals surface area contributed by atoms with Crippen molar-refractivity contribution >= 4 is 0 Å². The minimum atomic E-state index is -0.837. The van der Waals surface area contributed by atoms with E-state index in [9.17, 15) is 8.78 Å². The molecule has 2 aromatic rings. The molecule has 2 heteroatoms. The van der Waals surface area contributed by atoms with Crippen LogP contribution >= 0.6 is 0 Å². The molecule has 0 unspecified atom stereocenters. The van der Waals surface area contributed by atoms with Gasteiger partial charge in [-0.3, -0.25) is 0 Å². The lowest BCUT2D eigenvalue weighted by atomic mass is 10.0. The third kappa shape index (κ3) is 1.89. The Morgan fingerprint density at radius 1 is 0.867 bits per heavy atom. The normalized spacial score (nSPS) is 10.3. The first-order chi connectivity index (χ1) is 7.18. The van der Waals surface area contributed by atoms with Gasteiger partial charge in [-0.25, -0.2) is 8.78 Å². The summed E-state index contributed by atoms with van der Waals surface area (Å²) in [6.45, 7) is 3.83. The Labute approximate surface area is 87.2 Å². The number of halogens is 2. The first-order valence-electron chi connectivity index (χ1n) is 4.55. The second kappa shape index (κ2) is 3.81. The van der Waals surface area contributed by atoms with Gasteiger partial charge in [-0.05, 0) is 35.7 Å². The maximum Gasteiger partial charge on any atom is 0.159 e. The largest absolute Gasteiger partial charge is 0.204 e. The Bertz CT molecular complexity index is 490. The first kappa shape index (κ1) is 9.84. The van der Waals surface area contributed by atoms with Crippen LogP contribution < -0.4 is 0 Å². The molecule has 75 valence electrons. The smallest absolute Gasteiger partial charge is 0.159 e. The third-order valence-corrected chi connectivity index (χ3v) is 2.25. The van der Waals surface area contributed by atoms with Gasteiger partial charge in [-0.2, -0.15) is 0 Å². The lowest BCUT2D eigenvalue weighted by Gasteiger charge is -2.05. The topological polar surface area (TPSA) is 0 Å². The molecule has 1 radical (unpaired) electrons. The highest BCUT2D eigenvalue weighted by molar-refractivity contribution is 5.68. The van der Waals surface area contributed by atoms with E-state index < -0.39 is 11.6 Å². The third-order valence-electron chi connectivity index (χ3n) is 2.25. The standard InChI is InChI=1S/C13H9F2/c1-9-4-2-3-5-11(9)10-6-7-12(14)13(15)8-10/h2-8H,1H2. The van der Waals surface area contributed by atoms with Crippen LogP contribution in [0, 0.1) is 18.6 Å². The highest BCUT2D eigenvalue weighted by Crippen LogP contribution is 2.24. The lowest BCUT2D eigenvalue weighted by Crippen LogP contribution is -1.87. The molecule has 0 aliphatic heterocycles. The molecule has 0 aromatic heterocycles. The first-order valence-corrected chi connectivity index (χ1v) is 4.55. The van der Waals surface area contributed by atoms with Crippen LogP contribution in [0.25, 0.3) is 11.1 Å². The van der Waals surface area contributed by atoms with Gasteiger partial charge in [-0.15, -0.1) is 0 Å². The average molecular weight is 203 g/mol. The van der Waals surface area contributed by atoms with Crippen LogP contribution in [0.2, 0.25) is 0 Å². The molecule has 0 spiro atoms. The van der Waals surface area contributed by atoms with E-state index in [1.165, 1.54) is 6.07 Å². The maximum absolute atomic E-state index is 13.0. The van der Waals surface area contributed by atoms with Crippen LogP contribution in [0.1, 0.15) is 5.56 Å². The molecule has 0 aliphatic rings. The number of rotatable bonds is 1. The average Bonchev–Trinajstić information content (AvgIpc) is 2.23. The predicted octanol–water partition coefficient (Wildman–Crippen LogP) is 3.81. The van der Waals surface area contributed by atoms with Crippen molar-refractivity contribution in [1.29, 1.82) is 0 Å². The molecule has 15 heavy (non-hydrogen) atoms. The van der Waals surface area contributed by atoms with E-state index in [4.69, 9.17) is 0 Å². The SMILES string of the molecule is [CH2]c1ccccc1-c1ccc(F)c(F)c1. The van der Waals surface area contributed by atoms with Crippen molar-refractivity contribution in [3.05, 3.63) is 66.6 Å². The Balaban J connectivity index is 2.55. The summed E-state index contributed by atoms with van der Waals surface area (Å²) in [6, 6.07) is 11.2. The van der Waals surface area contributed by atoms with Gasteiger partial charge in [0.25, 0.3) is 0 Å². The Morgan fingerprint density at radius 2 is 1.60 bits per heavy atom. The second-order valence-corrected chi connectivity index (χ2v) is 3.29. The van der Waals surface area contributed by atoms with Crippen molar-refractivity contribution in [2.75, 3.05) is 0 Å². The highest BCUT2D eigenvalue weighted by Gasteiger charge is 2.05. The zero-order valence-corrected chi connectivity index (χ0v) is 8.00. The molecule has 0 nitrogen and oxygen atoms in total. The van der Waals surface area contributed by atoms with Crippen LogP contribution in [0.5, 0.6) is 0 Å². The van der Waals surface area contributed by atoms with Crippen molar-refractivity contribution in [2.45, 2.75) is 0 Å². The second-order valence-electron chi connectivity index (χ2n) is 3.29. The Kier molecular flexibility index (Phi) is 2.50. The fourth-order valence-electron chi connectivity index (χ4n) is 1.47. The van der Waals surface area contributed by atoms with E-state index >= 15 is 0 Å². The number of hydrogen-bond donors (Lipinski definition) is 0. The Morgan fingerprint density at radius 3 is 2.27 bits per heavy atom. The quantitative estimate of drug-likeness (QED) is 0.661. The number of benzene rings is 2. The van der Waals surface area contributed by atoms with E-state index in [2.05, 4.69) is 6.92 Å². The number of hydrogen-bond acceptors (Lipinski definition) is 0. The van der Waals surface area contributed by atoms with Crippen molar-refractivity contribution in [1.82, 2.24) is 0 Å². The minimum Gasteiger partial charge on any atom is -0.204 e.